The number of benzene rings is 2. The summed E-state index contributed by atoms with van der Waals surface area (Å²) in [5, 5.41) is 0. The van der Waals surface area contributed by atoms with Gasteiger partial charge >= 0.3 is 0 Å². The van der Waals surface area contributed by atoms with E-state index in [-0.39, 0.29) is 12.1 Å². The summed E-state index contributed by atoms with van der Waals surface area (Å²) in [4.78, 5) is 0. The van der Waals surface area contributed by atoms with E-state index in [1.165, 1.54) is 24.3 Å². The summed E-state index contributed by atoms with van der Waals surface area (Å²) in [6, 6.07) is 7.11. The Hall–Kier alpha value is -1.81. The van der Waals surface area contributed by atoms with Gasteiger partial charge in [0, 0.05) is 18.2 Å². The Morgan fingerprint density at radius 1 is 0.824 bits per heavy atom. The molecule has 0 atom stereocenters. The highest BCUT2D eigenvalue weighted by molar-refractivity contribution is 5.68. The van der Waals surface area contributed by atoms with Crippen LogP contribution in [-0.4, -0.2) is 0 Å². The topological polar surface area (TPSA) is 26.0 Å². The van der Waals surface area contributed by atoms with Crippen LogP contribution in [0, 0.1) is 17.5 Å². The first-order valence-electron chi connectivity index (χ1n) is 5.05. The maximum Gasteiger partial charge on any atom is 0.133 e. The molecule has 0 saturated carbocycles. The Labute approximate surface area is 96.7 Å². The van der Waals surface area contributed by atoms with Crippen molar-refractivity contribution >= 4 is 0 Å². The van der Waals surface area contributed by atoms with E-state index in [2.05, 4.69) is 0 Å². The van der Waals surface area contributed by atoms with Crippen LogP contribution in [0.15, 0.2) is 36.4 Å². The van der Waals surface area contributed by atoms with Gasteiger partial charge in [0.1, 0.15) is 17.5 Å². The lowest BCUT2D eigenvalue weighted by molar-refractivity contribution is 0.585. The van der Waals surface area contributed by atoms with Crippen LogP contribution in [0.2, 0.25) is 0 Å². The van der Waals surface area contributed by atoms with E-state index in [4.69, 9.17) is 5.73 Å². The summed E-state index contributed by atoms with van der Waals surface area (Å²) in [6.07, 6.45) is 0. The second-order valence-corrected chi connectivity index (χ2v) is 3.63. The van der Waals surface area contributed by atoms with Crippen molar-refractivity contribution < 1.29 is 13.2 Å². The van der Waals surface area contributed by atoms with E-state index in [1.807, 2.05) is 0 Å². The molecule has 0 aliphatic carbocycles. The predicted molar refractivity (Wildman–Crippen MR) is 59.6 cm³/mol. The van der Waals surface area contributed by atoms with Crippen molar-refractivity contribution in [1.29, 1.82) is 0 Å². The highest BCUT2D eigenvalue weighted by Crippen LogP contribution is 2.27. The Balaban J connectivity index is 2.62. The number of halogens is 3. The lowest BCUT2D eigenvalue weighted by Gasteiger charge is -2.09. The third-order valence-corrected chi connectivity index (χ3v) is 2.51. The maximum absolute atomic E-state index is 13.6. The standard InChI is InChI=1S/C13H10F3N/c14-9-2-1-8(7-17)12(5-9)11-4-3-10(15)6-13(11)16/h1-6H,7,17H2. The average Bonchev–Trinajstić information content (AvgIpc) is 2.29. The Bertz CT molecular complexity index is 552. The Morgan fingerprint density at radius 2 is 1.47 bits per heavy atom. The maximum atomic E-state index is 13.6. The number of hydrogen-bond donors (Lipinski definition) is 1. The van der Waals surface area contributed by atoms with Gasteiger partial charge in [0.15, 0.2) is 0 Å². The van der Waals surface area contributed by atoms with Gasteiger partial charge in [-0.3, -0.25) is 0 Å². The first-order valence-corrected chi connectivity index (χ1v) is 5.05. The minimum Gasteiger partial charge on any atom is -0.326 e. The highest BCUT2D eigenvalue weighted by Gasteiger charge is 2.11. The summed E-state index contributed by atoms with van der Waals surface area (Å²) < 4.78 is 39.5. The van der Waals surface area contributed by atoms with Gasteiger partial charge in [-0.2, -0.15) is 0 Å². The van der Waals surface area contributed by atoms with Crippen molar-refractivity contribution in [3.05, 3.63) is 59.4 Å². The summed E-state index contributed by atoms with van der Waals surface area (Å²) in [6.45, 7) is 0.159. The molecule has 1 nitrogen and oxygen atoms in total. The lowest BCUT2D eigenvalue weighted by Crippen LogP contribution is -2.00. The monoisotopic (exact) mass is 237 g/mol. The molecular formula is C13H10F3N. The van der Waals surface area contributed by atoms with Gasteiger partial charge < -0.3 is 5.73 Å². The SMILES string of the molecule is NCc1ccc(F)cc1-c1ccc(F)cc1F. The molecule has 0 aliphatic heterocycles. The largest absolute Gasteiger partial charge is 0.326 e. The molecule has 0 aliphatic rings. The molecule has 2 rings (SSSR count). The molecule has 0 spiro atoms. The second kappa shape index (κ2) is 4.59. The fraction of sp³-hybridized carbons (Fsp3) is 0.0769. The molecule has 0 unspecified atom stereocenters. The lowest BCUT2D eigenvalue weighted by atomic mass is 9.99. The highest BCUT2D eigenvalue weighted by atomic mass is 19.1. The number of rotatable bonds is 2. The first-order chi connectivity index (χ1) is 8.11. The summed E-state index contributed by atoms with van der Waals surface area (Å²) in [5.74, 6) is -1.89. The summed E-state index contributed by atoms with van der Waals surface area (Å²) in [7, 11) is 0. The first kappa shape index (κ1) is 11.7. The van der Waals surface area contributed by atoms with Crippen LogP contribution in [0.3, 0.4) is 0 Å². The molecule has 0 fully saturated rings. The third-order valence-electron chi connectivity index (χ3n) is 2.51. The smallest absolute Gasteiger partial charge is 0.133 e. The molecule has 0 amide bonds. The van der Waals surface area contributed by atoms with Crippen LogP contribution in [-0.2, 0) is 6.54 Å². The van der Waals surface area contributed by atoms with Gasteiger partial charge in [0.2, 0.25) is 0 Å². The van der Waals surface area contributed by atoms with Crippen molar-refractivity contribution in [2.24, 2.45) is 5.73 Å². The van der Waals surface area contributed by atoms with Crippen LogP contribution in [0.1, 0.15) is 5.56 Å². The Kier molecular flexibility index (Phi) is 3.15. The van der Waals surface area contributed by atoms with E-state index < -0.39 is 17.5 Å². The van der Waals surface area contributed by atoms with Crippen LogP contribution in [0.5, 0.6) is 0 Å². The van der Waals surface area contributed by atoms with Gasteiger partial charge in [0.25, 0.3) is 0 Å². The fourth-order valence-corrected chi connectivity index (χ4v) is 1.69. The van der Waals surface area contributed by atoms with Crippen molar-refractivity contribution in [3.8, 4) is 11.1 Å². The molecule has 17 heavy (non-hydrogen) atoms. The van der Waals surface area contributed by atoms with Crippen molar-refractivity contribution in [2.75, 3.05) is 0 Å². The quantitative estimate of drug-likeness (QED) is 0.852. The molecule has 0 saturated heterocycles. The zero-order valence-electron chi connectivity index (χ0n) is 8.88. The van der Waals surface area contributed by atoms with Gasteiger partial charge in [-0.05, 0) is 35.4 Å². The van der Waals surface area contributed by atoms with E-state index in [0.29, 0.717) is 11.1 Å². The van der Waals surface area contributed by atoms with E-state index in [1.54, 1.807) is 0 Å². The van der Waals surface area contributed by atoms with Gasteiger partial charge in [-0.1, -0.05) is 6.07 Å². The van der Waals surface area contributed by atoms with E-state index >= 15 is 0 Å². The number of hydrogen-bond acceptors (Lipinski definition) is 1. The van der Waals surface area contributed by atoms with Crippen LogP contribution < -0.4 is 5.73 Å². The zero-order valence-corrected chi connectivity index (χ0v) is 8.88. The molecule has 2 aromatic carbocycles. The minimum absolute atomic E-state index is 0.145. The normalized spacial score (nSPS) is 10.6. The van der Waals surface area contributed by atoms with E-state index in [9.17, 15) is 13.2 Å². The van der Waals surface area contributed by atoms with Gasteiger partial charge in [-0.15, -0.1) is 0 Å². The minimum atomic E-state index is -0.731. The molecular weight excluding hydrogens is 227 g/mol. The van der Waals surface area contributed by atoms with Gasteiger partial charge in [-0.25, -0.2) is 13.2 Å². The molecule has 0 aromatic heterocycles. The summed E-state index contributed by atoms with van der Waals surface area (Å²) in [5.41, 5.74) is 6.60. The average molecular weight is 237 g/mol. The third kappa shape index (κ3) is 2.31. The van der Waals surface area contributed by atoms with Crippen molar-refractivity contribution in [2.45, 2.75) is 6.54 Å². The molecule has 2 aromatic rings. The van der Waals surface area contributed by atoms with Crippen LogP contribution >= 0.6 is 0 Å². The molecule has 4 heteroatoms. The zero-order chi connectivity index (χ0) is 12.4. The molecule has 88 valence electrons. The van der Waals surface area contributed by atoms with Crippen molar-refractivity contribution in [3.63, 3.8) is 0 Å². The molecule has 0 bridgehead atoms. The Morgan fingerprint density at radius 3 is 2.12 bits per heavy atom. The molecule has 0 heterocycles. The molecule has 2 N–H and O–H groups in total. The number of nitrogens with two attached hydrogens (primary N) is 1. The second-order valence-electron chi connectivity index (χ2n) is 3.63. The van der Waals surface area contributed by atoms with Crippen LogP contribution in [0.4, 0.5) is 13.2 Å². The van der Waals surface area contributed by atoms with Crippen molar-refractivity contribution in [1.82, 2.24) is 0 Å². The summed E-state index contributed by atoms with van der Waals surface area (Å²) >= 11 is 0. The van der Waals surface area contributed by atoms with Crippen LogP contribution in [0.25, 0.3) is 11.1 Å². The molecule has 0 radical (unpaired) electrons. The van der Waals surface area contributed by atoms with E-state index in [0.717, 1.165) is 12.1 Å². The van der Waals surface area contributed by atoms with Gasteiger partial charge in [0.05, 0.1) is 0 Å². The fourth-order valence-electron chi connectivity index (χ4n) is 1.69. The predicted octanol–water partition coefficient (Wildman–Crippen LogP) is 3.23.